The van der Waals surface area contributed by atoms with Crippen LogP contribution in [0.15, 0.2) is 0 Å². The summed E-state index contributed by atoms with van der Waals surface area (Å²) in [6, 6.07) is 0. The van der Waals surface area contributed by atoms with E-state index in [-0.39, 0.29) is 31.1 Å². The zero-order chi connectivity index (χ0) is 43.8. The first-order valence-electron chi connectivity index (χ1n) is 26.9. The average molecular weight is 849 g/mol. The minimum absolute atomic E-state index is 0.0628. The van der Waals surface area contributed by atoms with Crippen LogP contribution in [0.5, 0.6) is 0 Å². The molecule has 1 atom stereocenters. The Kier molecular flexibility index (Phi) is 47.2. The van der Waals surface area contributed by atoms with Crippen LogP contribution < -0.4 is 0 Å². The highest BCUT2D eigenvalue weighted by atomic mass is 16.6. The molecule has 0 aliphatic rings. The second kappa shape index (κ2) is 48.4. The van der Waals surface area contributed by atoms with Gasteiger partial charge in [-0.2, -0.15) is 0 Å². The lowest BCUT2D eigenvalue weighted by Crippen LogP contribution is -2.30. The molecule has 0 aromatic carbocycles. The van der Waals surface area contributed by atoms with Crippen LogP contribution in [-0.2, 0) is 28.6 Å². The van der Waals surface area contributed by atoms with Crippen LogP contribution in [0.2, 0.25) is 0 Å². The summed E-state index contributed by atoms with van der Waals surface area (Å²) in [4.78, 5) is 37.8. The van der Waals surface area contributed by atoms with Crippen molar-refractivity contribution in [2.24, 2.45) is 5.92 Å². The van der Waals surface area contributed by atoms with Gasteiger partial charge in [0.15, 0.2) is 6.10 Å². The lowest BCUT2D eigenvalue weighted by atomic mass is 10.0. The number of carbonyl (C=O) groups excluding carboxylic acids is 3. The molecule has 0 aromatic heterocycles. The number of unbranched alkanes of at least 4 members (excludes halogenated alkanes) is 36. The molecule has 0 saturated carbocycles. The molecule has 0 amide bonds. The molecule has 0 rings (SSSR count). The summed E-state index contributed by atoms with van der Waals surface area (Å²) in [6.45, 7) is 9.01. The fourth-order valence-electron chi connectivity index (χ4n) is 8.22. The Morgan fingerprint density at radius 3 is 0.817 bits per heavy atom. The number of hydrogen-bond donors (Lipinski definition) is 0. The highest BCUT2D eigenvalue weighted by Gasteiger charge is 2.19. The van der Waals surface area contributed by atoms with Crippen molar-refractivity contribution >= 4 is 17.9 Å². The molecular formula is C54H104O6. The molecule has 60 heavy (non-hydrogen) atoms. The number of rotatable bonds is 49. The second-order valence-electron chi connectivity index (χ2n) is 19.0. The van der Waals surface area contributed by atoms with Crippen molar-refractivity contribution < 1.29 is 28.6 Å². The zero-order valence-corrected chi connectivity index (χ0v) is 40.9. The Balaban J connectivity index is 4.17. The topological polar surface area (TPSA) is 78.9 Å². The first kappa shape index (κ1) is 58.4. The summed E-state index contributed by atoms with van der Waals surface area (Å²) in [5.74, 6) is 0.00370. The fourth-order valence-corrected chi connectivity index (χ4v) is 8.22. The number of hydrogen-bond acceptors (Lipinski definition) is 6. The van der Waals surface area contributed by atoms with E-state index in [0.29, 0.717) is 19.3 Å². The van der Waals surface area contributed by atoms with E-state index in [0.717, 1.165) is 63.7 Å². The summed E-state index contributed by atoms with van der Waals surface area (Å²) < 4.78 is 16.8. The molecule has 0 aliphatic heterocycles. The Morgan fingerprint density at radius 1 is 0.317 bits per heavy atom. The Morgan fingerprint density at radius 2 is 0.550 bits per heavy atom. The van der Waals surface area contributed by atoms with Crippen molar-refractivity contribution in [3.8, 4) is 0 Å². The maximum atomic E-state index is 12.8. The molecule has 0 fully saturated rings. The van der Waals surface area contributed by atoms with Crippen LogP contribution in [0.3, 0.4) is 0 Å². The van der Waals surface area contributed by atoms with Gasteiger partial charge in [-0.15, -0.1) is 0 Å². The van der Waals surface area contributed by atoms with Crippen molar-refractivity contribution in [3.63, 3.8) is 0 Å². The smallest absolute Gasteiger partial charge is 0.306 e. The van der Waals surface area contributed by atoms with E-state index in [4.69, 9.17) is 14.2 Å². The van der Waals surface area contributed by atoms with Gasteiger partial charge in [0.2, 0.25) is 0 Å². The van der Waals surface area contributed by atoms with E-state index >= 15 is 0 Å². The third kappa shape index (κ3) is 47.5. The third-order valence-corrected chi connectivity index (χ3v) is 12.3. The minimum Gasteiger partial charge on any atom is -0.462 e. The number of esters is 3. The predicted octanol–water partition coefficient (Wildman–Crippen LogP) is 17.5. The van der Waals surface area contributed by atoms with Crippen molar-refractivity contribution in [2.75, 3.05) is 13.2 Å². The highest BCUT2D eigenvalue weighted by Crippen LogP contribution is 2.17. The van der Waals surface area contributed by atoms with Crippen molar-refractivity contribution in [1.29, 1.82) is 0 Å². The first-order chi connectivity index (χ1) is 29.4. The summed E-state index contributed by atoms with van der Waals surface area (Å²) in [5, 5.41) is 0. The van der Waals surface area contributed by atoms with Gasteiger partial charge in [0.05, 0.1) is 0 Å². The summed E-state index contributed by atoms with van der Waals surface area (Å²) in [6.07, 6.45) is 51.1. The fraction of sp³-hybridized carbons (Fsp3) is 0.944. The van der Waals surface area contributed by atoms with Gasteiger partial charge >= 0.3 is 17.9 Å². The highest BCUT2D eigenvalue weighted by molar-refractivity contribution is 5.71. The van der Waals surface area contributed by atoms with Crippen LogP contribution in [0.25, 0.3) is 0 Å². The van der Waals surface area contributed by atoms with Gasteiger partial charge < -0.3 is 14.2 Å². The van der Waals surface area contributed by atoms with E-state index in [1.165, 1.54) is 199 Å². The zero-order valence-electron chi connectivity index (χ0n) is 40.9. The molecule has 0 aliphatic carbocycles. The van der Waals surface area contributed by atoms with Crippen LogP contribution in [0.1, 0.15) is 304 Å². The SMILES string of the molecule is CCCCCCCCCCCCCCCCCCC(=O)OC[C@H](COC(=O)CCCCCCCCC)OC(=O)CCCCCCCCCCCCCCCCCCC(C)C. The normalized spacial score (nSPS) is 11.9. The minimum atomic E-state index is -0.759. The number of carbonyl (C=O) groups is 3. The van der Waals surface area contributed by atoms with Gasteiger partial charge in [-0.05, 0) is 25.2 Å². The second-order valence-corrected chi connectivity index (χ2v) is 19.0. The standard InChI is InChI=1S/C54H104O6/c1-5-7-9-11-13-14-15-16-17-21-24-27-30-34-38-42-46-53(56)59-49-51(48-58-52(55)45-41-37-32-12-10-8-6-2)60-54(57)47-43-39-35-31-28-25-22-19-18-20-23-26-29-33-36-40-44-50(3)4/h50-51H,5-49H2,1-4H3/t51-/m0/s1. The molecule has 0 N–H and O–H groups in total. The predicted molar refractivity (Wildman–Crippen MR) is 257 cm³/mol. The van der Waals surface area contributed by atoms with Crippen LogP contribution in [-0.4, -0.2) is 37.2 Å². The lowest BCUT2D eigenvalue weighted by Gasteiger charge is -2.18. The molecule has 0 saturated heterocycles. The van der Waals surface area contributed by atoms with Crippen molar-refractivity contribution in [3.05, 3.63) is 0 Å². The molecule has 0 bridgehead atoms. The maximum Gasteiger partial charge on any atom is 0.306 e. The number of ether oxygens (including phenoxy) is 3. The first-order valence-corrected chi connectivity index (χ1v) is 26.9. The van der Waals surface area contributed by atoms with E-state index in [2.05, 4.69) is 27.7 Å². The van der Waals surface area contributed by atoms with Crippen LogP contribution in [0, 0.1) is 5.92 Å². The van der Waals surface area contributed by atoms with Gasteiger partial charge in [0, 0.05) is 19.3 Å². The average Bonchev–Trinajstić information content (AvgIpc) is 3.23. The van der Waals surface area contributed by atoms with Gasteiger partial charge in [0.25, 0.3) is 0 Å². The van der Waals surface area contributed by atoms with Gasteiger partial charge in [-0.1, -0.05) is 265 Å². The molecule has 0 unspecified atom stereocenters. The molecule has 0 heterocycles. The quantitative estimate of drug-likeness (QED) is 0.0345. The van der Waals surface area contributed by atoms with E-state index < -0.39 is 6.10 Å². The van der Waals surface area contributed by atoms with Crippen molar-refractivity contribution in [2.45, 2.75) is 310 Å². The summed E-state index contributed by atoms with van der Waals surface area (Å²) >= 11 is 0. The Labute approximate surface area is 374 Å². The monoisotopic (exact) mass is 849 g/mol. The third-order valence-electron chi connectivity index (χ3n) is 12.3. The van der Waals surface area contributed by atoms with Gasteiger partial charge in [0.1, 0.15) is 13.2 Å². The van der Waals surface area contributed by atoms with E-state index in [9.17, 15) is 14.4 Å². The van der Waals surface area contributed by atoms with Crippen LogP contribution in [0.4, 0.5) is 0 Å². The van der Waals surface area contributed by atoms with Gasteiger partial charge in [-0.3, -0.25) is 14.4 Å². The Bertz CT molecular complexity index is 903. The summed E-state index contributed by atoms with van der Waals surface area (Å²) in [7, 11) is 0. The van der Waals surface area contributed by atoms with Crippen molar-refractivity contribution in [1.82, 2.24) is 0 Å². The van der Waals surface area contributed by atoms with Gasteiger partial charge in [-0.25, -0.2) is 0 Å². The maximum absolute atomic E-state index is 12.8. The summed E-state index contributed by atoms with van der Waals surface area (Å²) in [5.41, 5.74) is 0. The Hall–Kier alpha value is -1.59. The molecule has 6 nitrogen and oxygen atoms in total. The molecule has 0 radical (unpaired) electrons. The molecular weight excluding hydrogens is 745 g/mol. The largest absolute Gasteiger partial charge is 0.462 e. The molecule has 0 spiro atoms. The van der Waals surface area contributed by atoms with E-state index in [1.807, 2.05) is 0 Å². The molecule has 0 aromatic rings. The molecule has 356 valence electrons. The lowest BCUT2D eigenvalue weighted by molar-refractivity contribution is -0.167. The van der Waals surface area contributed by atoms with Crippen LogP contribution >= 0.6 is 0 Å². The molecule has 6 heteroatoms. The van der Waals surface area contributed by atoms with E-state index in [1.54, 1.807) is 0 Å².